The van der Waals surface area contributed by atoms with Gasteiger partial charge in [-0.2, -0.15) is 4.98 Å². The number of aryl methyl sites for hydroxylation is 1. The highest BCUT2D eigenvalue weighted by atomic mass is 32.2. The zero-order valence-corrected chi connectivity index (χ0v) is 23.0. The molecule has 2 aliphatic heterocycles. The fraction of sp³-hybridized carbons (Fsp3) is 0.379. The van der Waals surface area contributed by atoms with E-state index in [4.69, 9.17) is 9.97 Å². The van der Waals surface area contributed by atoms with E-state index in [1.807, 2.05) is 30.8 Å². The number of rotatable bonds is 6. The number of pyridine rings is 1. The third kappa shape index (κ3) is 3.84. The average Bonchev–Trinajstić information content (AvgIpc) is 3.57. The van der Waals surface area contributed by atoms with Gasteiger partial charge in [0, 0.05) is 41.5 Å². The number of nitrogens with zero attached hydrogens (tertiary/aromatic N) is 6. The molecule has 0 spiro atoms. The molecule has 0 radical (unpaired) electrons. The Hall–Kier alpha value is -3.47. The minimum atomic E-state index is -0.960. The lowest BCUT2D eigenvalue weighted by Gasteiger charge is -2.29. The number of anilines is 2. The molecule has 200 valence electrons. The van der Waals surface area contributed by atoms with Crippen LogP contribution < -0.4 is 10.9 Å². The Bertz CT molecular complexity index is 1710. The zero-order chi connectivity index (χ0) is 26.9. The van der Waals surface area contributed by atoms with Crippen molar-refractivity contribution in [2.75, 3.05) is 24.7 Å². The van der Waals surface area contributed by atoms with Crippen molar-refractivity contribution in [1.29, 1.82) is 0 Å². The molecule has 39 heavy (non-hydrogen) atoms. The van der Waals surface area contributed by atoms with Gasteiger partial charge in [0.15, 0.2) is 11.5 Å². The highest BCUT2D eigenvalue weighted by Crippen LogP contribution is 2.46. The van der Waals surface area contributed by atoms with Gasteiger partial charge in [-0.1, -0.05) is 19.1 Å². The first kappa shape index (κ1) is 24.6. The van der Waals surface area contributed by atoms with Crippen molar-refractivity contribution >= 4 is 34.4 Å². The van der Waals surface area contributed by atoms with Gasteiger partial charge in [-0.15, -0.1) is 18.3 Å². The van der Waals surface area contributed by atoms with Crippen LogP contribution in [0.2, 0.25) is 0 Å². The molecule has 0 bridgehead atoms. The largest absolute Gasteiger partial charge is 0.384 e. The van der Waals surface area contributed by atoms with Crippen molar-refractivity contribution in [1.82, 2.24) is 29.2 Å². The molecule has 3 aromatic heterocycles. The van der Waals surface area contributed by atoms with Gasteiger partial charge in [0.2, 0.25) is 5.95 Å². The summed E-state index contributed by atoms with van der Waals surface area (Å²) in [7, 11) is 2.17. The number of nitrogens with one attached hydrogen (secondary N) is 1. The number of aromatic nitrogens is 5. The zero-order valence-electron chi connectivity index (χ0n) is 22.1. The van der Waals surface area contributed by atoms with Crippen molar-refractivity contribution in [2.45, 2.75) is 55.7 Å². The number of aliphatic hydroxyl groups is 1. The van der Waals surface area contributed by atoms with E-state index in [0.717, 1.165) is 36.5 Å². The number of allylic oxidation sites excluding steroid dienone is 1. The fourth-order valence-corrected chi connectivity index (χ4v) is 7.68. The fourth-order valence-electron chi connectivity index (χ4n) is 6.36. The second kappa shape index (κ2) is 9.04. The molecule has 1 aliphatic carbocycles. The molecule has 5 heterocycles. The van der Waals surface area contributed by atoms with Crippen LogP contribution in [0, 0.1) is 0 Å². The van der Waals surface area contributed by atoms with Gasteiger partial charge < -0.3 is 15.3 Å². The van der Waals surface area contributed by atoms with Gasteiger partial charge in [-0.25, -0.2) is 19.3 Å². The summed E-state index contributed by atoms with van der Waals surface area (Å²) >= 11 is 1.91. The summed E-state index contributed by atoms with van der Waals surface area (Å²) in [5.74, 6) is 2.65. The molecule has 1 aromatic carbocycles. The third-order valence-corrected chi connectivity index (χ3v) is 9.51. The van der Waals surface area contributed by atoms with Crippen molar-refractivity contribution < 1.29 is 5.11 Å². The van der Waals surface area contributed by atoms with Crippen LogP contribution in [0.1, 0.15) is 48.1 Å². The van der Waals surface area contributed by atoms with E-state index in [1.54, 1.807) is 21.6 Å². The number of thioether (sulfide) groups is 1. The molecular formula is C29H31N7O2S. The molecule has 0 saturated carbocycles. The standard InChI is InChI=1S/C29H31N7O2S/c1-4-10-35-27(37)21-13-30-28(31-20-11-18-14-34(3)15-19-16-39-22(12-20)24(18)19)33-26(21)36(35)23-7-6-17-8-9-29(38,5-2)25(17)32-23/h4,6-7,11-13,19,38H,1,5,8-10,14-16H2,2-3H3,(H,30,31,33). The molecule has 10 heteroatoms. The monoisotopic (exact) mass is 541 g/mol. The van der Waals surface area contributed by atoms with Crippen molar-refractivity contribution in [3.05, 3.63) is 75.9 Å². The maximum Gasteiger partial charge on any atom is 0.278 e. The topological polar surface area (TPSA) is 101 Å². The number of fused-ring (bicyclic) bond motifs is 2. The van der Waals surface area contributed by atoms with Crippen LogP contribution >= 0.6 is 11.8 Å². The Morgan fingerprint density at radius 1 is 1.28 bits per heavy atom. The summed E-state index contributed by atoms with van der Waals surface area (Å²) in [6.07, 6.45) is 5.27. The molecule has 2 atom stereocenters. The minimum absolute atomic E-state index is 0.211. The van der Waals surface area contributed by atoms with Crippen LogP contribution in [0.3, 0.4) is 0 Å². The van der Waals surface area contributed by atoms with Crippen LogP contribution in [0.4, 0.5) is 11.6 Å². The molecular weight excluding hydrogens is 510 g/mol. The van der Waals surface area contributed by atoms with Gasteiger partial charge in [-0.05, 0) is 61.2 Å². The lowest BCUT2D eigenvalue weighted by Crippen LogP contribution is -2.30. The van der Waals surface area contributed by atoms with Crippen molar-refractivity contribution in [3.63, 3.8) is 0 Å². The first-order chi connectivity index (χ1) is 18.9. The predicted molar refractivity (Wildman–Crippen MR) is 153 cm³/mol. The quantitative estimate of drug-likeness (QED) is 0.352. The Morgan fingerprint density at radius 3 is 2.97 bits per heavy atom. The summed E-state index contributed by atoms with van der Waals surface area (Å²) in [6, 6.07) is 8.28. The second-order valence-corrected chi connectivity index (χ2v) is 11.9. The van der Waals surface area contributed by atoms with Gasteiger partial charge in [0.1, 0.15) is 11.0 Å². The lowest BCUT2D eigenvalue weighted by molar-refractivity contribution is 0.0306. The van der Waals surface area contributed by atoms with Crippen molar-refractivity contribution in [2.24, 2.45) is 0 Å². The Balaban J connectivity index is 1.33. The molecule has 0 fully saturated rings. The van der Waals surface area contributed by atoms with Gasteiger partial charge >= 0.3 is 0 Å². The summed E-state index contributed by atoms with van der Waals surface area (Å²) < 4.78 is 3.29. The molecule has 2 unspecified atom stereocenters. The Labute approximate surface area is 230 Å². The lowest BCUT2D eigenvalue weighted by atomic mass is 9.91. The van der Waals surface area contributed by atoms with Crippen LogP contribution in [0.5, 0.6) is 0 Å². The molecule has 0 amide bonds. The summed E-state index contributed by atoms with van der Waals surface area (Å²) in [6.45, 7) is 8.12. The number of likely N-dealkylation sites (N-methyl/N-ethyl adjacent to an activating group) is 1. The predicted octanol–water partition coefficient (Wildman–Crippen LogP) is 4.09. The summed E-state index contributed by atoms with van der Waals surface area (Å²) in [5, 5.41) is 15.0. The SMILES string of the molecule is C=CCn1c(=O)c2cnc(Nc3cc4c5c(c3)SCC5CN(C)C4)nc2n1-c1ccc2c(n1)C(O)(CC)CC2. The van der Waals surface area contributed by atoms with Crippen LogP contribution in [0.25, 0.3) is 16.9 Å². The van der Waals surface area contributed by atoms with E-state index in [2.05, 4.69) is 41.0 Å². The first-order valence-electron chi connectivity index (χ1n) is 13.5. The van der Waals surface area contributed by atoms with Crippen LogP contribution in [-0.2, 0) is 25.1 Å². The molecule has 0 saturated heterocycles. The third-order valence-electron chi connectivity index (χ3n) is 8.30. The second-order valence-electron chi connectivity index (χ2n) is 10.9. The van der Waals surface area contributed by atoms with E-state index in [1.165, 1.54) is 16.0 Å². The number of benzene rings is 1. The normalized spacial score (nSPS) is 21.8. The molecule has 9 nitrogen and oxygen atoms in total. The maximum absolute atomic E-state index is 13.4. The summed E-state index contributed by atoms with van der Waals surface area (Å²) in [4.78, 5) is 31.3. The highest BCUT2D eigenvalue weighted by molar-refractivity contribution is 7.99. The minimum Gasteiger partial charge on any atom is -0.384 e. The van der Waals surface area contributed by atoms with E-state index in [0.29, 0.717) is 47.3 Å². The number of hydrogen-bond acceptors (Lipinski definition) is 8. The van der Waals surface area contributed by atoms with E-state index >= 15 is 0 Å². The Morgan fingerprint density at radius 2 is 2.15 bits per heavy atom. The highest BCUT2D eigenvalue weighted by Gasteiger charge is 2.37. The Kier molecular flexibility index (Phi) is 5.69. The van der Waals surface area contributed by atoms with Gasteiger partial charge in [0.25, 0.3) is 5.56 Å². The summed E-state index contributed by atoms with van der Waals surface area (Å²) in [5.41, 5.74) is 4.79. The molecule has 2 N–H and O–H groups in total. The van der Waals surface area contributed by atoms with E-state index < -0.39 is 5.60 Å². The van der Waals surface area contributed by atoms with E-state index in [9.17, 15) is 9.90 Å². The molecule has 4 aromatic rings. The van der Waals surface area contributed by atoms with Crippen molar-refractivity contribution in [3.8, 4) is 5.82 Å². The van der Waals surface area contributed by atoms with Crippen LogP contribution in [-0.4, -0.2) is 53.7 Å². The smallest absolute Gasteiger partial charge is 0.278 e. The molecule has 7 rings (SSSR count). The first-order valence-corrected chi connectivity index (χ1v) is 14.4. The average molecular weight is 542 g/mol. The maximum atomic E-state index is 13.4. The van der Waals surface area contributed by atoms with Gasteiger partial charge in [-0.3, -0.25) is 4.79 Å². The van der Waals surface area contributed by atoms with Gasteiger partial charge in [0.05, 0.1) is 12.2 Å². The van der Waals surface area contributed by atoms with Crippen LogP contribution in [0.15, 0.2) is 52.8 Å². The van der Waals surface area contributed by atoms with E-state index in [-0.39, 0.29) is 12.1 Å². The molecule has 3 aliphatic rings. The number of hydrogen-bond donors (Lipinski definition) is 2.